The number of aliphatic carboxylic acids is 1. The van der Waals surface area contributed by atoms with Crippen LogP contribution in [0.4, 0.5) is 24.5 Å². The minimum Gasteiger partial charge on any atom is -0.481 e. The molecule has 0 amide bonds. The van der Waals surface area contributed by atoms with Gasteiger partial charge in [-0.1, -0.05) is 18.2 Å². The van der Waals surface area contributed by atoms with Crippen molar-refractivity contribution in [2.24, 2.45) is 0 Å². The number of nitrogens with one attached hydrogen (secondary N) is 1. The van der Waals surface area contributed by atoms with Gasteiger partial charge in [-0.15, -0.1) is 0 Å². The van der Waals surface area contributed by atoms with Crippen LogP contribution < -0.4 is 5.32 Å². The van der Waals surface area contributed by atoms with Crippen LogP contribution in [-0.2, 0) is 72.6 Å². The Morgan fingerprint density at radius 1 is 0.484 bits per heavy atom. The second-order valence-electron chi connectivity index (χ2n) is 12.8. The molecule has 0 aliphatic carbocycles. The number of ether oxygens (including phenoxy) is 12. The topological polar surface area (TPSA) is 194 Å². The van der Waals surface area contributed by atoms with Gasteiger partial charge in [-0.2, -0.15) is 13.2 Å². The molecule has 0 bridgehead atoms. The summed E-state index contributed by atoms with van der Waals surface area (Å²) in [5.74, 6) is -1.88. The average molecular weight is 894 g/mol. The first-order chi connectivity index (χ1) is 30.2. The molecule has 0 aliphatic heterocycles. The zero-order valence-corrected chi connectivity index (χ0v) is 35.2. The second-order valence-corrected chi connectivity index (χ2v) is 12.8. The highest BCUT2D eigenvalue weighted by molar-refractivity contribution is 5.96. The van der Waals surface area contributed by atoms with E-state index in [1.54, 1.807) is 18.2 Å². The van der Waals surface area contributed by atoms with Gasteiger partial charge in [-0.25, -0.2) is 4.79 Å². The van der Waals surface area contributed by atoms with Gasteiger partial charge in [0.1, 0.15) is 13.2 Å². The van der Waals surface area contributed by atoms with Gasteiger partial charge in [-0.05, 0) is 43.2 Å². The van der Waals surface area contributed by atoms with E-state index >= 15 is 0 Å². The van der Waals surface area contributed by atoms with Crippen molar-refractivity contribution < 1.29 is 89.5 Å². The highest BCUT2D eigenvalue weighted by atomic mass is 19.4. The zero-order chi connectivity index (χ0) is 44.8. The molecule has 352 valence electrons. The molecular formula is C42H62F3NO16. The summed E-state index contributed by atoms with van der Waals surface area (Å²) in [6.07, 6.45) is -3.31. The lowest BCUT2D eigenvalue weighted by Crippen LogP contribution is -2.16. The van der Waals surface area contributed by atoms with Crippen LogP contribution in [0.1, 0.15) is 41.6 Å². The molecule has 0 unspecified atom stereocenters. The van der Waals surface area contributed by atoms with E-state index < -0.39 is 23.7 Å². The predicted octanol–water partition coefficient (Wildman–Crippen LogP) is 4.96. The normalized spacial score (nSPS) is 11.5. The van der Waals surface area contributed by atoms with Crippen LogP contribution in [0.15, 0.2) is 48.5 Å². The Kier molecular flexibility index (Phi) is 31.9. The molecule has 0 saturated carbocycles. The molecule has 0 saturated heterocycles. The Morgan fingerprint density at radius 2 is 0.871 bits per heavy atom. The minimum absolute atomic E-state index is 0.0132. The van der Waals surface area contributed by atoms with E-state index in [0.29, 0.717) is 131 Å². The fraction of sp³-hybridized carbons (Fsp3) is 0.643. The Balaban J connectivity index is 1.24. The maximum absolute atomic E-state index is 13.1. The highest BCUT2D eigenvalue weighted by Gasteiger charge is 2.30. The zero-order valence-electron chi connectivity index (χ0n) is 35.2. The van der Waals surface area contributed by atoms with Crippen LogP contribution >= 0.6 is 0 Å². The van der Waals surface area contributed by atoms with Crippen molar-refractivity contribution in [3.63, 3.8) is 0 Å². The number of carbonyl (C=O) groups is 3. The number of carboxylic acid groups (broad SMARTS) is 1. The second kappa shape index (κ2) is 36.5. The number of unbranched alkanes of at least 4 members (excludes halogenated alkanes) is 1. The van der Waals surface area contributed by atoms with Crippen LogP contribution in [0.5, 0.6) is 0 Å². The number of benzene rings is 2. The van der Waals surface area contributed by atoms with E-state index in [0.717, 1.165) is 12.1 Å². The summed E-state index contributed by atoms with van der Waals surface area (Å²) in [5.41, 5.74) is -0.123. The number of alkyl halides is 3. The molecule has 0 atom stereocenters. The molecule has 0 aromatic heterocycles. The summed E-state index contributed by atoms with van der Waals surface area (Å²) in [5, 5.41) is 11.4. The first-order valence-corrected chi connectivity index (χ1v) is 20.5. The van der Waals surface area contributed by atoms with Gasteiger partial charge in [0.15, 0.2) is 0 Å². The Hall–Kier alpha value is -3.96. The number of hydrogen-bond acceptors (Lipinski definition) is 16. The van der Waals surface area contributed by atoms with Crippen molar-refractivity contribution in [2.75, 3.05) is 151 Å². The van der Waals surface area contributed by atoms with Gasteiger partial charge in [0.25, 0.3) is 0 Å². The standard InChI is InChI=1S/C42H62F3NO16/c43-42(44,45)35-6-5-7-36(34-35)46-38-9-2-1-8-37(38)41(50)62-33-31-60-29-27-58-25-23-56-21-19-54-17-15-52-13-12-51-14-16-53-18-20-55-22-24-57-26-28-59-30-32-61-40(49)11-4-3-10-39(47)48/h1-2,5-9,34,46H,3-4,10-33H2,(H,47,48). The number of carbonyl (C=O) groups excluding carboxylic acids is 2. The van der Waals surface area contributed by atoms with E-state index in [2.05, 4.69) is 5.32 Å². The number of carboxylic acids is 1. The first kappa shape index (κ1) is 54.2. The molecule has 0 spiro atoms. The lowest BCUT2D eigenvalue weighted by Gasteiger charge is -2.13. The van der Waals surface area contributed by atoms with Gasteiger partial charge < -0.3 is 67.3 Å². The van der Waals surface area contributed by atoms with Gasteiger partial charge in [0.05, 0.1) is 149 Å². The van der Waals surface area contributed by atoms with E-state index in [1.807, 2.05) is 0 Å². The summed E-state index contributed by atoms with van der Waals surface area (Å²) in [4.78, 5) is 34.5. The molecule has 0 aliphatic rings. The van der Waals surface area contributed by atoms with Gasteiger partial charge >= 0.3 is 24.1 Å². The van der Waals surface area contributed by atoms with Crippen molar-refractivity contribution >= 4 is 29.3 Å². The lowest BCUT2D eigenvalue weighted by molar-refractivity contribution is -0.146. The maximum Gasteiger partial charge on any atom is 0.416 e. The summed E-state index contributed by atoms with van der Waals surface area (Å²) in [6.45, 7) is 7.82. The number of rotatable bonds is 41. The average Bonchev–Trinajstić information content (AvgIpc) is 3.25. The summed E-state index contributed by atoms with van der Waals surface area (Å²) in [7, 11) is 0. The molecule has 0 fully saturated rings. The Labute approximate surface area is 360 Å². The fourth-order valence-electron chi connectivity index (χ4n) is 4.88. The van der Waals surface area contributed by atoms with Gasteiger partial charge in [0, 0.05) is 18.5 Å². The molecule has 0 heterocycles. The third-order valence-corrected chi connectivity index (χ3v) is 7.94. The molecule has 62 heavy (non-hydrogen) atoms. The van der Waals surface area contributed by atoms with Gasteiger partial charge in [0.2, 0.25) is 0 Å². The van der Waals surface area contributed by atoms with Crippen molar-refractivity contribution in [1.82, 2.24) is 0 Å². The first-order valence-electron chi connectivity index (χ1n) is 20.5. The molecular weight excluding hydrogens is 831 g/mol. The number of anilines is 2. The van der Waals surface area contributed by atoms with Crippen LogP contribution in [0.2, 0.25) is 0 Å². The number of para-hydroxylation sites is 1. The molecule has 2 rings (SSSR count). The van der Waals surface area contributed by atoms with Crippen LogP contribution in [0.25, 0.3) is 0 Å². The van der Waals surface area contributed by atoms with Crippen molar-refractivity contribution in [3.8, 4) is 0 Å². The third-order valence-electron chi connectivity index (χ3n) is 7.94. The smallest absolute Gasteiger partial charge is 0.416 e. The van der Waals surface area contributed by atoms with E-state index in [1.165, 1.54) is 18.2 Å². The Morgan fingerprint density at radius 3 is 1.29 bits per heavy atom. The molecule has 2 aromatic carbocycles. The molecule has 0 radical (unpaired) electrons. The largest absolute Gasteiger partial charge is 0.481 e. The van der Waals surface area contributed by atoms with Crippen molar-refractivity contribution in [2.45, 2.75) is 31.9 Å². The number of halogens is 3. The molecule has 20 heteroatoms. The number of hydrogen-bond donors (Lipinski definition) is 2. The number of esters is 2. The molecule has 17 nitrogen and oxygen atoms in total. The van der Waals surface area contributed by atoms with E-state index in [-0.39, 0.29) is 63.1 Å². The molecule has 2 N–H and O–H groups in total. The minimum atomic E-state index is -4.49. The van der Waals surface area contributed by atoms with Gasteiger partial charge in [-0.3, -0.25) is 9.59 Å². The maximum atomic E-state index is 13.1. The van der Waals surface area contributed by atoms with E-state index in [9.17, 15) is 27.6 Å². The summed E-state index contributed by atoms with van der Waals surface area (Å²) in [6, 6.07) is 11.1. The monoisotopic (exact) mass is 893 g/mol. The van der Waals surface area contributed by atoms with Crippen LogP contribution in [-0.4, -0.2) is 168 Å². The predicted molar refractivity (Wildman–Crippen MR) is 217 cm³/mol. The summed E-state index contributed by atoms with van der Waals surface area (Å²) < 4.78 is 104. The Bertz CT molecular complexity index is 1450. The van der Waals surface area contributed by atoms with Crippen LogP contribution in [0.3, 0.4) is 0 Å². The lowest BCUT2D eigenvalue weighted by atomic mass is 10.1. The SMILES string of the molecule is O=C(O)CCCCC(=O)OCCOCCOCCOCCOCCOCCOCCOCCOCCOCCOCCOC(=O)c1ccccc1Nc1cccc(C(F)(F)F)c1. The summed E-state index contributed by atoms with van der Waals surface area (Å²) >= 11 is 0. The molecule has 2 aromatic rings. The third kappa shape index (κ3) is 30.1. The van der Waals surface area contributed by atoms with E-state index in [4.69, 9.17) is 61.9 Å². The van der Waals surface area contributed by atoms with Crippen molar-refractivity contribution in [1.29, 1.82) is 0 Å². The highest BCUT2D eigenvalue weighted by Crippen LogP contribution is 2.32. The quantitative estimate of drug-likeness (QED) is 0.0671. The fourth-order valence-corrected chi connectivity index (χ4v) is 4.88. The van der Waals surface area contributed by atoms with Crippen molar-refractivity contribution in [3.05, 3.63) is 59.7 Å². The van der Waals surface area contributed by atoms with Crippen LogP contribution in [0, 0.1) is 0 Å².